The van der Waals surface area contributed by atoms with Crippen LogP contribution in [0.1, 0.15) is 30.1 Å². The highest BCUT2D eigenvalue weighted by molar-refractivity contribution is 6.00. The molecule has 1 aromatic carbocycles. The lowest BCUT2D eigenvalue weighted by molar-refractivity contribution is 0.0950. The Bertz CT molecular complexity index is 427. The summed E-state index contributed by atoms with van der Waals surface area (Å²) in [6.45, 7) is 1.89. The van der Waals surface area contributed by atoms with Gasteiger partial charge in [0.1, 0.15) is 5.75 Å². The molecule has 4 nitrogen and oxygen atoms in total. The van der Waals surface area contributed by atoms with Crippen molar-refractivity contribution in [1.82, 2.24) is 5.32 Å². The smallest absolute Gasteiger partial charge is 0.179 e. The maximum absolute atomic E-state index is 12.1. The van der Waals surface area contributed by atoms with Crippen molar-refractivity contribution in [3.63, 3.8) is 0 Å². The lowest BCUT2D eigenvalue weighted by atomic mass is 10.0. The number of nitrogen functional groups attached to an aromatic ring is 1. The average molecular weight is 234 g/mol. The van der Waals surface area contributed by atoms with Gasteiger partial charge in [0, 0.05) is 11.6 Å². The predicted molar refractivity (Wildman–Crippen MR) is 67.4 cm³/mol. The molecule has 1 atom stereocenters. The van der Waals surface area contributed by atoms with Crippen LogP contribution in [0.4, 0.5) is 5.69 Å². The molecule has 3 N–H and O–H groups in total. The molecule has 0 amide bonds. The van der Waals surface area contributed by atoms with Gasteiger partial charge < -0.3 is 15.8 Å². The molecule has 4 heteroatoms. The first-order valence-electron chi connectivity index (χ1n) is 5.85. The molecule has 1 saturated carbocycles. The van der Waals surface area contributed by atoms with E-state index in [0.29, 0.717) is 23.0 Å². The zero-order valence-electron chi connectivity index (χ0n) is 10.2. The van der Waals surface area contributed by atoms with Crippen molar-refractivity contribution >= 4 is 11.5 Å². The van der Waals surface area contributed by atoms with Crippen molar-refractivity contribution in [2.24, 2.45) is 0 Å². The highest BCUT2D eigenvalue weighted by Gasteiger charge is 2.26. The second kappa shape index (κ2) is 4.75. The zero-order valence-corrected chi connectivity index (χ0v) is 10.2. The Hall–Kier alpha value is -1.55. The fraction of sp³-hybridized carbons (Fsp3) is 0.462. The summed E-state index contributed by atoms with van der Waals surface area (Å²) in [5.41, 5.74) is 6.91. The molecule has 0 aliphatic heterocycles. The van der Waals surface area contributed by atoms with Gasteiger partial charge in [0.05, 0.1) is 18.8 Å². The average Bonchev–Trinajstić information content (AvgIpc) is 3.11. The first-order chi connectivity index (χ1) is 8.11. The largest absolute Gasteiger partial charge is 0.495 e. The molecule has 92 valence electrons. The van der Waals surface area contributed by atoms with Gasteiger partial charge in [-0.15, -0.1) is 0 Å². The molecule has 0 radical (unpaired) electrons. The maximum atomic E-state index is 12.1. The summed E-state index contributed by atoms with van der Waals surface area (Å²) >= 11 is 0. The van der Waals surface area contributed by atoms with Crippen LogP contribution < -0.4 is 15.8 Å². The molecule has 0 heterocycles. The number of carbonyl (C=O) groups is 1. The third-order valence-corrected chi connectivity index (χ3v) is 2.97. The molecular formula is C13H18N2O2. The summed E-state index contributed by atoms with van der Waals surface area (Å²) in [4.78, 5) is 12.1. The summed E-state index contributed by atoms with van der Waals surface area (Å²) in [5, 5.41) is 3.28. The number of Topliss-reactive ketones (excluding diaryl/α,β-unsaturated/α-hetero) is 1. The molecule has 17 heavy (non-hydrogen) atoms. The van der Waals surface area contributed by atoms with E-state index >= 15 is 0 Å². The van der Waals surface area contributed by atoms with Gasteiger partial charge in [0.25, 0.3) is 0 Å². The van der Waals surface area contributed by atoms with Crippen LogP contribution in [0.5, 0.6) is 5.75 Å². The van der Waals surface area contributed by atoms with Crippen LogP contribution in [0.2, 0.25) is 0 Å². The van der Waals surface area contributed by atoms with E-state index in [1.54, 1.807) is 25.3 Å². The van der Waals surface area contributed by atoms with Crippen LogP contribution in [0, 0.1) is 0 Å². The predicted octanol–water partition coefficient (Wildman–Crippen LogP) is 1.60. The quantitative estimate of drug-likeness (QED) is 0.600. The Morgan fingerprint density at radius 2 is 2.24 bits per heavy atom. The van der Waals surface area contributed by atoms with E-state index in [9.17, 15) is 4.79 Å². The Balaban J connectivity index is 2.09. The number of hydrogen-bond acceptors (Lipinski definition) is 4. The van der Waals surface area contributed by atoms with E-state index in [0.717, 1.165) is 0 Å². The van der Waals surface area contributed by atoms with Crippen LogP contribution in [-0.4, -0.2) is 25.0 Å². The van der Waals surface area contributed by atoms with Crippen molar-refractivity contribution in [1.29, 1.82) is 0 Å². The minimum Gasteiger partial charge on any atom is -0.495 e. The van der Waals surface area contributed by atoms with Crippen LogP contribution in [-0.2, 0) is 0 Å². The number of nitrogens with two attached hydrogens (primary N) is 1. The summed E-state index contributed by atoms with van der Waals surface area (Å²) in [5.74, 6) is 0.676. The molecule has 1 aliphatic carbocycles. The lowest BCUT2D eigenvalue weighted by Crippen LogP contribution is -2.35. The maximum Gasteiger partial charge on any atom is 0.179 e. The van der Waals surface area contributed by atoms with Gasteiger partial charge >= 0.3 is 0 Å². The summed E-state index contributed by atoms with van der Waals surface area (Å²) in [7, 11) is 1.56. The standard InChI is InChI=1S/C13H18N2O2/c1-8(15-10-4-5-10)13(16)9-3-6-12(17-2)11(14)7-9/h3,6-8,10,15H,4-5,14H2,1-2H3. The summed E-state index contributed by atoms with van der Waals surface area (Å²) in [6, 6.07) is 5.51. The first kappa shape index (κ1) is 11.9. The zero-order chi connectivity index (χ0) is 12.4. The molecule has 1 fully saturated rings. The van der Waals surface area contributed by atoms with Crippen LogP contribution in [0.25, 0.3) is 0 Å². The number of benzene rings is 1. The molecule has 1 aliphatic rings. The van der Waals surface area contributed by atoms with Crippen molar-refractivity contribution in [2.75, 3.05) is 12.8 Å². The van der Waals surface area contributed by atoms with Crippen molar-refractivity contribution in [2.45, 2.75) is 31.8 Å². The summed E-state index contributed by atoms with van der Waals surface area (Å²) in [6.07, 6.45) is 2.34. The Labute approximate surface area is 101 Å². The number of anilines is 1. The van der Waals surface area contributed by atoms with Crippen LogP contribution in [0.3, 0.4) is 0 Å². The van der Waals surface area contributed by atoms with Gasteiger partial charge in [-0.25, -0.2) is 0 Å². The van der Waals surface area contributed by atoms with Gasteiger partial charge in [-0.3, -0.25) is 4.79 Å². The third-order valence-electron chi connectivity index (χ3n) is 2.97. The second-order valence-corrected chi connectivity index (χ2v) is 4.48. The molecule has 0 aromatic heterocycles. The molecule has 0 saturated heterocycles. The topological polar surface area (TPSA) is 64.3 Å². The number of ether oxygens (including phenoxy) is 1. The van der Waals surface area contributed by atoms with Gasteiger partial charge in [0.2, 0.25) is 0 Å². The monoisotopic (exact) mass is 234 g/mol. The molecule has 0 spiro atoms. The lowest BCUT2D eigenvalue weighted by Gasteiger charge is -2.13. The number of carbonyl (C=O) groups excluding carboxylic acids is 1. The van der Waals surface area contributed by atoms with Gasteiger partial charge in [-0.1, -0.05) is 0 Å². The third kappa shape index (κ3) is 2.77. The Kier molecular flexibility index (Phi) is 3.33. The minimum atomic E-state index is -0.157. The van der Waals surface area contributed by atoms with Gasteiger partial charge in [0.15, 0.2) is 5.78 Å². The number of rotatable bonds is 5. The fourth-order valence-corrected chi connectivity index (χ4v) is 1.82. The van der Waals surface area contributed by atoms with E-state index in [-0.39, 0.29) is 11.8 Å². The molecule has 0 bridgehead atoms. The van der Waals surface area contributed by atoms with Crippen molar-refractivity contribution in [3.05, 3.63) is 23.8 Å². The summed E-state index contributed by atoms with van der Waals surface area (Å²) < 4.78 is 5.06. The first-order valence-corrected chi connectivity index (χ1v) is 5.85. The van der Waals surface area contributed by atoms with Crippen LogP contribution >= 0.6 is 0 Å². The van der Waals surface area contributed by atoms with E-state index in [4.69, 9.17) is 10.5 Å². The second-order valence-electron chi connectivity index (χ2n) is 4.48. The molecule has 1 unspecified atom stereocenters. The highest BCUT2D eigenvalue weighted by Crippen LogP contribution is 2.24. The Morgan fingerprint density at radius 1 is 1.53 bits per heavy atom. The minimum absolute atomic E-state index is 0.0752. The van der Waals surface area contributed by atoms with E-state index in [1.807, 2.05) is 6.92 Å². The molecule has 2 rings (SSSR count). The number of ketones is 1. The van der Waals surface area contributed by atoms with Gasteiger partial charge in [-0.2, -0.15) is 0 Å². The Morgan fingerprint density at radius 3 is 2.76 bits per heavy atom. The van der Waals surface area contributed by atoms with Crippen molar-refractivity contribution in [3.8, 4) is 5.75 Å². The number of hydrogen-bond donors (Lipinski definition) is 2. The molecule has 1 aromatic rings. The molecular weight excluding hydrogens is 216 g/mol. The SMILES string of the molecule is COc1ccc(C(=O)C(C)NC2CC2)cc1N. The van der Waals surface area contributed by atoms with Gasteiger partial charge in [-0.05, 0) is 38.0 Å². The van der Waals surface area contributed by atoms with Crippen molar-refractivity contribution < 1.29 is 9.53 Å². The van der Waals surface area contributed by atoms with E-state index < -0.39 is 0 Å². The van der Waals surface area contributed by atoms with Crippen LogP contribution in [0.15, 0.2) is 18.2 Å². The van der Waals surface area contributed by atoms with E-state index in [2.05, 4.69) is 5.32 Å². The number of methoxy groups -OCH3 is 1. The van der Waals surface area contributed by atoms with E-state index in [1.165, 1.54) is 12.8 Å². The normalized spacial score (nSPS) is 16.6. The fourth-order valence-electron chi connectivity index (χ4n) is 1.82. The highest BCUT2D eigenvalue weighted by atomic mass is 16.5. The number of nitrogens with one attached hydrogen (secondary N) is 1.